The SMILES string of the molecule is CCOC(CN(C(=O)NCCCl)C1O[C@H](CO)[C@H](O)[C@H](O)[C@H]1O)OCC. The van der Waals surface area contributed by atoms with Gasteiger partial charge in [0, 0.05) is 25.6 Å². The molecule has 154 valence electrons. The number of hydrogen-bond acceptors (Lipinski definition) is 8. The van der Waals surface area contributed by atoms with Gasteiger partial charge in [-0.1, -0.05) is 0 Å². The molecule has 11 heteroatoms. The number of nitrogens with zero attached hydrogens (tertiary/aromatic N) is 1. The minimum absolute atomic E-state index is 0.113. The lowest BCUT2D eigenvalue weighted by molar-refractivity contribution is -0.264. The summed E-state index contributed by atoms with van der Waals surface area (Å²) >= 11 is 5.59. The van der Waals surface area contributed by atoms with Gasteiger partial charge in [0.05, 0.1) is 13.2 Å². The predicted octanol–water partition coefficient (Wildman–Crippen LogP) is -1.56. The van der Waals surface area contributed by atoms with Gasteiger partial charge >= 0.3 is 6.03 Å². The topological polar surface area (TPSA) is 141 Å². The van der Waals surface area contributed by atoms with Crippen LogP contribution in [0, 0.1) is 0 Å². The zero-order chi connectivity index (χ0) is 19.7. The minimum atomic E-state index is -1.60. The Labute approximate surface area is 157 Å². The number of nitrogens with one attached hydrogen (secondary N) is 1. The number of alkyl halides is 1. The van der Waals surface area contributed by atoms with E-state index in [1.807, 2.05) is 0 Å². The van der Waals surface area contributed by atoms with Crippen molar-refractivity contribution < 1.29 is 39.4 Å². The molecular formula is C15H29ClN2O8. The van der Waals surface area contributed by atoms with E-state index in [1.165, 1.54) is 0 Å². The second-order valence-electron chi connectivity index (χ2n) is 5.63. The van der Waals surface area contributed by atoms with E-state index >= 15 is 0 Å². The molecule has 1 rings (SSSR count). The average Bonchev–Trinajstić information content (AvgIpc) is 2.63. The summed E-state index contributed by atoms with van der Waals surface area (Å²) in [7, 11) is 0. The Morgan fingerprint density at radius 3 is 2.31 bits per heavy atom. The van der Waals surface area contributed by atoms with Crippen molar-refractivity contribution in [3.05, 3.63) is 0 Å². The second-order valence-corrected chi connectivity index (χ2v) is 6.01. The molecule has 0 aromatic heterocycles. The zero-order valence-electron chi connectivity index (χ0n) is 15.0. The third-order valence-electron chi connectivity index (χ3n) is 3.86. The maximum absolute atomic E-state index is 12.5. The molecule has 0 spiro atoms. The normalized spacial score (nSPS) is 29.0. The van der Waals surface area contributed by atoms with E-state index in [0.29, 0.717) is 13.2 Å². The minimum Gasteiger partial charge on any atom is -0.394 e. The van der Waals surface area contributed by atoms with Crippen molar-refractivity contribution in [3.8, 4) is 0 Å². The first-order valence-corrected chi connectivity index (χ1v) is 9.08. The van der Waals surface area contributed by atoms with E-state index in [2.05, 4.69) is 5.32 Å². The molecule has 0 aliphatic carbocycles. The zero-order valence-corrected chi connectivity index (χ0v) is 15.7. The molecule has 5 atom stereocenters. The third kappa shape index (κ3) is 6.17. The molecular weight excluding hydrogens is 372 g/mol. The number of halogens is 1. The molecule has 1 aliphatic heterocycles. The molecule has 2 amide bonds. The predicted molar refractivity (Wildman–Crippen MR) is 91.6 cm³/mol. The van der Waals surface area contributed by atoms with Gasteiger partial charge in [-0.2, -0.15) is 0 Å². The van der Waals surface area contributed by atoms with Crippen LogP contribution in [-0.4, -0.2) is 107 Å². The first-order chi connectivity index (χ1) is 12.4. The summed E-state index contributed by atoms with van der Waals surface area (Å²) < 4.78 is 16.3. The Morgan fingerprint density at radius 1 is 1.19 bits per heavy atom. The van der Waals surface area contributed by atoms with Crippen molar-refractivity contribution in [1.82, 2.24) is 10.2 Å². The monoisotopic (exact) mass is 400 g/mol. The Kier molecular flexibility index (Phi) is 10.7. The van der Waals surface area contributed by atoms with Crippen LogP contribution in [-0.2, 0) is 14.2 Å². The first kappa shape index (κ1) is 23.3. The maximum Gasteiger partial charge on any atom is 0.319 e. The highest BCUT2D eigenvalue weighted by atomic mass is 35.5. The number of amides is 2. The van der Waals surface area contributed by atoms with Crippen LogP contribution >= 0.6 is 11.6 Å². The highest BCUT2D eigenvalue weighted by molar-refractivity contribution is 6.18. The molecule has 0 bridgehead atoms. The van der Waals surface area contributed by atoms with Crippen LogP contribution in [0.15, 0.2) is 0 Å². The molecule has 5 N–H and O–H groups in total. The van der Waals surface area contributed by atoms with Gasteiger partial charge in [0.15, 0.2) is 12.5 Å². The highest BCUT2D eigenvalue weighted by Gasteiger charge is 2.47. The fraction of sp³-hybridized carbons (Fsp3) is 0.933. The van der Waals surface area contributed by atoms with E-state index in [-0.39, 0.29) is 19.0 Å². The number of carbonyl (C=O) groups is 1. The van der Waals surface area contributed by atoms with Crippen LogP contribution in [0.25, 0.3) is 0 Å². The molecule has 26 heavy (non-hydrogen) atoms. The van der Waals surface area contributed by atoms with Gasteiger partial charge in [0.1, 0.15) is 24.4 Å². The largest absolute Gasteiger partial charge is 0.394 e. The number of carbonyl (C=O) groups excluding carboxylic acids is 1. The van der Waals surface area contributed by atoms with E-state index in [0.717, 1.165) is 4.90 Å². The van der Waals surface area contributed by atoms with Gasteiger partial charge in [-0.3, -0.25) is 4.90 Å². The van der Waals surface area contributed by atoms with Crippen molar-refractivity contribution in [3.63, 3.8) is 0 Å². The number of aliphatic hydroxyl groups excluding tert-OH is 4. The molecule has 1 aliphatic rings. The standard InChI is InChI=1S/C15H29ClN2O8/c1-3-24-10(25-4-2)7-18(15(23)17-6-5-16)14-13(22)12(21)11(20)9(8-19)26-14/h9-14,19-22H,3-8H2,1-2H3,(H,17,23)/t9-,11+,12+,13-,14?/m1/s1. The van der Waals surface area contributed by atoms with Crippen molar-refractivity contribution in [2.75, 3.05) is 38.8 Å². The Bertz CT molecular complexity index is 411. The van der Waals surface area contributed by atoms with Crippen LogP contribution in [0.1, 0.15) is 13.8 Å². The lowest BCUT2D eigenvalue weighted by Crippen LogP contribution is -2.66. The molecule has 0 aromatic carbocycles. The van der Waals surface area contributed by atoms with Gasteiger partial charge < -0.3 is 40.0 Å². The van der Waals surface area contributed by atoms with Crippen molar-refractivity contribution >= 4 is 17.6 Å². The van der Waals surface area contributed by atoms with E-state index in [9.17, 15) is 25.2 Å². The second kappa shape index (κ2) is 11.9. The van der Waals surface area contributed by atoms with E-state index < -0.39 is 49.6 Å². The Morgan fingerprint density at radius 2 is 1.81 bits per heavy atom. The maximum atomic E-state index is 12.5. The number of urea groups is 1. The quantitative estimate of drug-likeness (QED) is 0.219. The van der Waals surface area contributed by atoms with E-state index in [1.54, 1.807) is 13.8 Å². The first-order valence-electron chi connectivity index (χ1n) is 8.55. The summed E-state index contributed by atoms with van der Waals surface area (Å²) in [6.07, 6.45) is -7.98. The average molecular weight is 401 g/mol. The Balaban J connectivity index is 3.02. The van der Waals surface area contributed by atoms with Gasteiger partial charge in [-0.15, -0.1) is 11.6 Å². The van der Waals surface area contributed by atoms with Crippen LogP contribution < -0.4 is 5.32 Å². The van der Waals surface area contributed by atoms with Gasteiger partial charge in [-0.05, 0) is 13.8 Å². The summed E-state index contributed by atoms with van der Waals surface area (Å²) in [6, 6.07) is -0.626. The van der Waals surface area contributed by atoms with Crippen LogP contribution in [0.2, 0.25) is 0 Å². The summed E-state index contributed by atoms with van der Waals surface area (Å²) in [5, 5.41) is 42.1. The van der Waals surface area contributed by atoms with Crippen molar-refractivity contribution in [2.24, 2.45) is 0 Å². The molecule has 1 unspecified atom stereocenters. The fourth-order valence-electron chi connectivity index (χ4n) is 2.58. The summed E-state index contributed by atoms with van der Waals surface area (Å²) in [5.74, 6) is 0.175. The van der Waals surface area contributed by atoms with Crippen LogP contribution in [0.5, 0.6) is 0 Å². The Hall–Kier alpha value is -0.720. The molecule has 0 aromatic rings. The number of hydrogen-bond donors (Lipinski definition) is 5. The molecule has 0 radical (unpaired) electrons. The highest BCUT2D eigenvalue weighted by Crippen LogP contribution is 2.24. The van der Waals surface area contributed by atoms with E-state index in [4.69, 9.17) is 25.8 Å². The number of aliphatic hydroxyl groups is 4. The molecule has 1 heterocycles. The molecule has 1 saturated heterocycles. The van der Waals surface area contributed by atoms with Gasteiger partial charge in [0.25, 0.3) is 0 Å². The molecule has 10 nitrogen and oxygen atoms in total. The van der Waals surface area contributed by atoms with Crippen molar-refractivity contribution in [2.45, 2.75) is 50.8 Å². The summed E-state index contributed by atoms with van der Waals surface area (Å²) in [6.45, 7) is 3.64. The van der Waals surface area contributed by atoms with Gasteiger partial charge in [0.2, 0.25) is 0 Å². The number of ether oxygens (including phenoxy) is 3. The molecule has 1 fully saturated rings. The summed E-state index contributed by atoms with van der Waals surface area (Å²) in [5.41, 5.74) is 0. The van der Waals surface area contributed by atoms with Gasteiger partial charge in [-0.25, -0.2) is 4.79 Å². The number of rotatable bonds is 10. The lowest BCUT2D eigenvalue weighted by Gasteiger charge is -2.45. The van der Waals surface area contributed by atoms with Crippen molar-refractivity contribution in [1.29, 1.82) is 0 Å². The van der Waals surface area contributed by atoms with Crippen LogP contribution in [0.4, 0.5) is 4.79 Å². The van der Waals surface area contributed by atoms with Crippen LogP contribution in [0.3, 0.4) is 0 Å². The smallest absolute Gasteiger partial charge is 0.319 e. The third-order valence-corrected chi connectivity index (χ3v) is 4.05. The lowest BCUT2D eigenvalue weighted by atomic mass is 9.98. The molecule has 0 saturated carbocycles. The fourth-order valence-corrected chi connectivity index (χ4v) is 2.68. The summed E-state index contributed by atoms with van der Waals surface area (Å²) in [4.78, 5) is 13.6.